The predicted molar refractivity (Wildman–Crippen MR) is 69.6 cm³/mol. The minimum atomic E-state index is 1.04. The van der Waals surface area contributed by atoms with E-state index in [4.69, 9.17) is 0 Å². The van der Waals surface area contributed by atoms with Crippen molar-refractivity contribution in [1.82, 2.24) is 0 Å². The zero-order valence-electron chi connectivity index (χ0n) is 8.60. The van der Waals surface area contributed by atoms with Crippen molar-refractivity contribution in [3.05, 3.63) is 70.6 Å². The van der Waals surface area contributed by atoms with Gasteiger partial charge in [0.25, 0.3) is 0 Å². The average molecular weight is 214 g/mol. The zero-order chi connectivity index (χ0) is 10.3. The molecule has 2 rings (SSSR count). The van der Waals surface area contributed by atoms with Crippen LogP contribution < -0.4 is 0 Å². The zero-order valence-corrected chi connectivity index (χ0v) is 9.41. The SMILES string of the molecule is C1=CC=C(SC2=CC=CC=CC2)CC=C1. The van der Waals surface area contributed by atoms with Crippen molar-refractivity contribution in [2.45, 2.75) is 12.8 Å². The highest BCUT2D eigenvalue weighted by molar-refractivity contribution is 8.06. The molecule has 0 radical (unpaired) electrons. The van der Waals surface area contributed by atoms with Crippen LogP contribution in [0.3, 0.4) is 0 Å². The molecule has 76 valence electrons. The van der Waals surface area contributed by atoms with Gasteiger partial charge in [-0.25, -0.2) is 0 Å². The van der Waals surface area contributed by atoms with Gasteiger partial charge in [-0.3, -0.25) is 0 Å². The maximum absolute atomic E-state index is 2.20. The lowest BCUT2D eigenvalue weighted by Crippen LogP contribution is -1.78. The van der Waals surface area contributed by atoms with Crippen LogP contribution in [0.2, 0.25) is 0 Å². The molecule has 0 saturated heterocycles. The van der Waals surface area contributed by atoms with E-state index in [2.05, 4.69) is 60.8 Å². The first-order valence-corrected chi connectivity index (χ1v) is 5.99. The summed E-state index contributed by atoms with van der Waals surface area (Å²) in [5.74, 6) is 0. The van der Waals surface area contributed by atoms with Crippen LogP contribution in [-0.2, 0) is 0 Å². The Morgan fingerprint density at radius 2 is 1.20 bits per heavy atom. The van der Waals surface area contributed by atoms with E-state index in [1.54, 1.807) is 0 Å². The molecule has 0 unspecified atom stereocenters. The number of hydrogen-bond donors (Lipinski definition) is 0. The average Bonchev–Trinajstić information content (AvgIpc) is 2.63. The number of hydrogen-bond acceptors (Lipinski definition) is 1. The van der Waals surface area contributed by atoms with Gasteiger partial charge in [0.1, 0.15) is 0 Å². The molecule has 0 nitrogen and oxygen atoms in total. The summed E-state index contributed by atoms with van der Waals surface area (Å²) in [5.41, 5.74) is 0. The van der Waals surface area contributed by atoms with E-state index >= 15 is 0 Å². The van der Waals surface area contributed by atoms with Crippen molar-refractivity contribution in [3.63, 3.8) is 0 Å². The molecule has 0 spiro atoms. The highest BCUT2D eigenvalue weighted by atomic mass is 32.2. The van der Waals surface area contributed by atoms with Gasteiger partial charge in [-0.1, -0.05) is 72.5 Å². The Labute approximate surface area is 95.5 Å². The molecule has 0 atom stereocenters. The van der Waals surface area contributed by atoms with Gasteiger partial charge in [-0.05, 0) is 22.7 Å². The summed E-state index contributed by atoms with van der Waals surface area (Å²) in [5, 5.41) is 0. The third-order valence-electron chi connectivity index (χ3n) is 2.18. The fraction of sp³-hybridized carbons (Fsp3) is 0.143. The van der Waals surface area contributed by atoms with Crippen molar-refractivity contribution >= 4 is 11.8 Å². The van der Waals surface area contributed by atoms with E-state index in [0.717, 1.165) is 12.8 Å². The molecule has 0 bridgehead atoms. The van der Waals surface area contributed by atoms with Gasteiger partial charge in [-0.2, -0.15) is 0 Å². The van der Waals surface area contributed by atoms with E-state index in [1.165, 1.54) is 9.81 Å². The molecular weight excluding hydrogens is 200 g/mol. The van der Waals surface area contributed by atoms with Crippen LogP contribution in [-0.4, -0.2) is 0 Å². The highest BCUT2D eigenvalue weighted by Crippen LogP contribution is 2.32. The Balaban J connectivity index is 2.02. The Morgan fingerprint density at radius 3 is 1.73 bits per heavy atom. The van der Waals surface area contributed by atoms with Crippen LogP contribution in [0.1, 0.15) is 12.8 Å². The normalized spacial score (nSPS) is 19.5. The molecule has 0 aliphatic heterocycles. The Morgan fingerprint density at radius 1 is 0.667 bits per heavy atom. The van der Waals surface area contributed by atoms with E-state index in [9.17, 15) is 0 Å². The van der Waals surface area contributed by atoms with E-state index in [0.29, 0.717) is 0 Å². The molecule has 0 aromatic carbocycles. The molecule has 2 aliphatic rings. The number of rotatable bonds is 2. The fourth-order valence-corrected chi connectivity index (χ4v) is 2.42. The third-order valence-corrected chi connectivity index (χ3v) is 3.31. The van der Waals surface area contributed by atoms with Crippen LogP contribution in [0.15, 0.2) is 70.6 Å². The highest BCUT2D eigenvalue weighted by Gasteiger charge is 2.02. The van der Waals surface area contributed by atoms with Gasteiger partial charge in [0.15, 0.2) is 0 Å². The Bertz CT molecular complexity index is 352. The maximum atomic E-state index is 2.20. The minimum Gasteiger partial charge on any atom is -0.0984 e. The minimum absolute atomic E-state index is 1.04. The lowest BCUT2D eigenvalue weighted by atomic mass is 10.4. The monoisotopic (exact) mass is 214 g/mol. The topological polar surface area (TPSA) is 0 Å². The summed E-state index contributed by atoms with van der Waals surface area (Å²) in [6.45, 7) is 0. The molecule has 0 fully saturated rings. The fourth-order valence-electron chi connectivity index (χ4n) is 1.44. The summed E-state index contributed by atoms with van der Waals surface area (Å²) in [6, 6.07) is 0. The molecule has 1 heteroatoms. The van der Waals surface area contributed by atoms with Crippen LogP contribution in [0.5, 0.6) is 0 Å². The van der Waals surface area contributed by atoms with Gasteiger partial charge in [0.05, 0.1) is 0 Å². The first-order valence-electron chi connectivity index (χ1n) is 5.18. The summed E-state index contributed by atoms with van der Waals surface area (Å²) in [6.07, 6.45) is 23.5. The number of thioether (sulfide) groups is 1. The van der Waals surface area contributed by atoms with Gasteiger partial charge in [0, 0.05) is 0 Å². The van der Waals surface area contributed by atoms with Crippen LogP contribution >= 0.6 is 11.8 Å². The third kappa shape index (κ3) is 3.45. The second-order valence-electron chi connectivity index (χ2n) is 3.40. The van der Waals surface area contributed by atoms with Crippen LogP contribution in [0.4, 0.5) is 0 Å². The van der Waals surface area contributed by atoms with Gasteiger partial charge < -0.3 is 0 Å². The van der Waals surface area contributed by atoms with Crippen LogP contribution in [0, 0.1) is 0 Å². The van der Waals surface area contributed by atoms with Gasteiger partial charge >= 0.3 is 0 Å². The second kappa shape index (κ2) is 5.62. The molecule has 0 amide bonds. The van der Waals surface area contributed by atoms with E-state index < -0.39 is 0 Å². The quantitative estimate of drug-likeness (QED) is 0.651. The largest absolute Gasteiger partial charge is 0.0984 e. The second-order valence-corrected chi connectivity index (χ2v) is 4.66. The van der Waals surface area contributed by atoms with E-state index in [-0.39, 0.29) is 0 Å². The maximum Gasteiger partial charge on any atom is -0.00307 e. The standard InChI is InChI=1S/C14H14S/c1-2-6-10-13(9-5-1)15-14-11-7-3-4-8-12-14/h1-9,11H,10,12H2. The first kappa shape index (κ1) is 10.3. The molecule has 2 aliphatic carbocycles. The molecule has 0 aromatic rings. The van der Waals surface area contributed by atoms with Crippen molar-refractivity contribution in [3.8, 4) is 0 Å². The van der Waals surface area contributed by atoms with Gasteiger partial charge in [0.2, 0.25) is 0 Å². The number of allylic oxidation sites excluding steroid dienone is 12. The molecule has 0 saturated carbocycles. The Hall–Kier alpha value is -1.21. The molecule has 15 heavy (non-hydrogen) atoms. The summed E-state index contributed by atoms with van der Waals surface area (Å²) < 4.78 is 0. The molecule has 0 aromatic heterocycles. The van der Waals surface area contributed by atoms with Gasteiger partial charge in [-0.15, -0.1) is 0 Å². The van der Waals surface area contributed by atoms with Crippen molar-refractivity contribution in [2.75, 3.05) is 0 Å². The van der Waals surface area contributed by atoms with Crippen LogP contribution in [0.25, 0.3) is 0 Å². The summed E-state index contributed by atoms with van der Waals surface area (Å²) >= 11 is 1.89. The summed E-state index contributed by atoms with van der Waals surface area (Å²) in [4.78, 5) is 2.82. The summed E-state index contributed by atoms with van der Waals surface area (Å²) in [7, 11) is 0. The first-order chi connectivity index (χ1) is 7.45. The predicted octanol–water partition coefficient (Wildman–Crippen LogP) is 4.52. The van der Waals surface area contributed by atoms with Crippen molar-refractivity contribution in [1.29, 1.82) is 0 Å². The van der Waals surface area contributed by atoms with E-state index in [1.807, 2.05) is 11.8 Å². The van der Waals surface area contributed by atoms with Crippen molar-refractivity contribution < 1.29 is 0 Å². The lowest BCUT2D eigenvalue weighted by Gasteiger charge is -2.05. The molecule has 0 N–H and O–H groups in total. The molecule has 0 heterocycles. The van der Waals surface area contributed by atoms with Crippen molar-refractivity contribution in [2.24, 2.45) is 0 Å². The molecular formula is C14H14S. The smallest absolute Gasteiger partial charge is 0.00307 e. The lowest BCUT2D eigenvalue weighted by molar-refractivity contribution is 1.34. The Kier molecular flexibility index (Phi) is 3.86.